The number of aromatic nitrogens is 2. The first-order valence-corrected chi connectivity index (χ1v) is 11.9. The lowest BCUT2D eigenvalue weighted by Crippen LogP contribution is -2.46. The molecule has 0 atom stereocenters. The second-order valence-corrected chi connectivity index (χ2v) is 8.43. The van der Waals surface area contributed by atoms with Gasteiger partial charge in [0.2, 0.25) is 5.09 Å². The van der Waals surface area contributed by atoms with Crippen LogP contribution in [0.1, 0.15) is 24.3 Å². The number of methoxy groups -OCH3 is 1. The zero-order valence-electron chi connectivity index (χ0n) is 19.1. The Hall–Kier alpha value is -3.23. The van der Waals surface area contributed by atoms with E-state index in [0.717, 1.165) is 40.9 Å². The molecule has 1 amide bonds. The van der Waals surface area contributed by atoms with E-state index in [9.17, 15) is 4.79 Å². The van der Waals surface area contributed by atoms with Gasteiger partial charge in [-0.05, 0) is 47.0 Å². The SMILES string of the molecule is CC.COc1cc2ccccc2cc1-c1cc(SN2CCN(C(=O)c3ccc[nH]3)CC2)on1. The number of nitrogens with zero attached hydrogens (tertiary/aromatic N) is 3. The Labute approximate surface area is 197 Å². The van der Waals surface area contributed by atoms with E-state index in [-0.39, 0.29) is 5.91 Å². The Morgan fingerprint density at radius 1 is 1.03 bits per heavy atom. The van der Waals surface area contributed by atoms with Crippen molar-refractivity contribution in [1.29, 1.82) is 0 Å². The van der Waals surface area contributed by atoms with Gasteiger partial charge in [0, 0.05) is 44.0 Å². The Bertz CT molecular complexity index is 1200. The van der Waals surface area contributed by atoms with E-state index in [0.29, 0.717) is 23.9 Å². The minimum atomic E-state index is 0.0417. The number of aromatic amines is 1. The minimum absolute atomic E-state index is 0.0417. The Balaban J connectivity index is 0.00000126. The van der Waals surface area contributed by atoms with Crippen LogP contribution < -0.4 is 4.74 Å². The standard InChI is InChI=1S/C23H22N4O3S.C2H6/c1-29-21-14-17-6-3-2-5-16(17)13-18(21)20-15-22(30-25-20)31-27-11-9-26(10-12-27)23(28)19-7-4-8-24-19;1-2/h2-8,13-15,24H,9-12H2,1H3;1-2H3. The van der Waals surface area contributed by atoms with Gasteiger partial charge in [-0.1, -0.05) is 43.3 Å². The van der Waals surface area contributed by atoms with E-state index in [1.165, 1.54) is 11.9 Å². The molecule has 5 rings (SSSR count). The number of rotatable bonds is 5. The lowest BCUT2D eigenvalue weighted by atomic mass is 10.0. The average molecular weight is 465 g/mol. The van der Waals surface area contributed by atoms with Crippen LogP contribution >= 0.6 is 11.9 Å². The second-order valence-electron chi connectivity index (χ2n) is 7.33. The lowest BCUT2D eigenvalue weighted by Gasteiger charge is -2.32. The number of piperazine rings is 1. The molecule has 172 valence electrons. The fraction of sp³-hybridized carbons (Fsp3) is 0.280. The van der Waals surface area contributed by atoms with E-state index in [4.69, 9.17) is 9.26 Å². The van der Waals surface area contributed by atoms with Gasteiger partial charge in [0.15, 0.2) is 0 Å². The summed E-state index contributed by atoms with van der Waals surface area (Å²) in [6, 6.07) is 17.8. The molecule has 1 saturated heterocycles. The summed E-state index contributed by atoms with van der Waals surface area (Å²) in [6.45, 7) is 6.85. The first-order valence-electron chi connectivity index (χ1n) is 11.1. The van der Waals surface area contributed by atoms with Crippen LogP contribution in [0, 0.1) is 0 Å². The van der Waals surface area contributed by atoms with Crippen molar-refractivity contribution in [3.05, 3.63) is 66.5 Å². The van der Waals surface area contributed by atoms with Crippen LogP contribution in [-0.2, 0) is 0 Å². The molecule has 1 N–H and O–H groups in total. The lowest BCUT2D eigenvalue weighted by molar-refractivity contribution is 0.0698. The maximum Gasteiger partial charge on any atom is 0.270 e. The average Bonchev–Trinajstić information content (AvgIpc) is 3.57. The summed E-state index contributed by atoms with van der Waals surface area (Å²) in [5.41, 5.74) is 2.27. The molecule has 2 aromatic carbocycles. The predicted octanol–water partition coefficient (Wildman–Crippen LogP) is 5.32. The number of benzene rings is 2. The largest absolute Gasteiger partial charge is 0.496 e. The van der Waals surface area contributed by atoms with Crippen LogP contribution in [0.2, 0.25) is 0 Å². The van der Waals surface area contributed by atoms with Gasteiger partial charge in [0.1, 0.15) is 17.1 Å². The Kier molecular flexibility index (Phi) is 7.36. The van der Waals surface area contributed by atoms with Gasteiger partial charge >= 0.3 is 0 Å². The maximum atomic E-state index is 12.5. The van der Waals surface area contributed by atoms with E-state index < -0.39 is 0 Å². The molecule has 3 heterocycles. The number of amides is 1. The van der Waals surface area contributed by atoms with Crippen molar-refractivity contribution < 1.29 is 14.1 Å². The molecule has 7 nitrogen and oxygen atoms in total. The fourth-order valence-corrected chi connectivity index (χ4v) is 4.60. The van der Waals surface area contributed by atoms with Crippen molar-refractivity contribution in [1.82, 2.24) is 19.3 Å². The van der Waals surface area contributed by atoms with Gasteiger partial charge < -0.3 is 19.1 Å². The van der Waals surface area contributed by atoms with Crippen molar-refractivity contribution in [3.8, 4) is 17.0 Å². The third-order valence-electron chi connectivity index (χ3n) is 5.41. The molecule has 8 heteroatoms. The molecular weight excluding hydrogens is 436 g/mol. The topological polar surface area (TPSA) is 74.6 Å². The van der Waals surface area contributed by atoms with Crippen molar-refractivity contribution >= 4 is 28.6 Å². The molecule has 1 aliphatic rings. The van der Waals surface area contributed by atoms with Gasteiger partial charge in [-0.25, -0.2) is 4.31 Å². The molecule has 2 aromatic heterocycles. The summed E-state index contributed by atoms with van der Waals surface area (Å²) < 4.78 is 13.4. The number of carbonyl (C=O) groups is 1. The van der Waals surface area contributed by atoms with Crippen LogP contribution in [-0.4, -0.2) is 58.5 Å². The third-order valence-corrected chi connectivity index (χ3v) is 6.40. The molecule has 4 aromatic rings. The van der Waals surface area contributed by atoms with Crippen LogP contribution in [0.4, 0.5) is 0 Å². The first kappa shape index (κ1) is 22.9. The normalized spacial score (nSPS) is 14.1. The van der Waals surface area contributed by atoms with Crippen LogP contribution in [0.5, 0.6) is 5.75 Å². The molecule has 33 heavy (non-hydrogen) atoms. The van der Waals surface area contributed by atoms with Gasteiger partial charge in [-0.2, -0.15) is 0 Å². The van der Waals surface area contributed by atoms with E-state index in [1.54, 1.807) is 19.4 Å². The molecule has 0 unspecified atom stereocenters. The van der Waals surface area contributed by atoms with Gasteiger partial charge in [0.25, 0.3) is 5.91 Å². The molecule has 0 bridgehead atoms. The highest BCUT2D eigenvalue weighted by Crippen LogP contribution is 2.36. The van der Waals surface area contributed by atoms with Gasteiger partial charge in [0.05, 0.1) is 7.11 Å². The molecule has 1 aliphatic heterocycles. The molecule has 0 radical (unpaired) electrons. The zero-order valence-corrected chi connectivity index (χ0v) is 19.9. The first-order chi connectivity index (χ1) is 16.2. The summed E-state index contributed by atoms with van der Waals surface area (Å²) in [4.78, 5) is 17.3. The number of nitrogens with one attached hydrogen (secondary N) is 1. The Morgan fingerprint density at radius 3 is 2.42 bits per heavy atom. The number of carbonyl (C=O) groups excluding carboxylic acids is 1. The minimum Gasteiger partial charge on any atom is -0.496 e. The summed E-state index contributed by atoms with van der Waals surface area (Å²) in [7, 11) is 1.66. The highest BCUT2D eigenvalue weighted by atomic mass is 32.2. The van der Waals surface area contributed by atoms with Gasteiger partial charge in [-0.3, -0.25) is 4.79 Å². The fourth-order valence-electron chi connectivity index (χ4n) is 3.76. The highest BCUT2D eigenvalue weighted by Gasteiger charge is 2.24. The number of fused-ring (bicyclic) bond motifs is 1. The molecule has 0 spiro atoms. The van der Waals surface area contributed by atoms with Crippen molar-refractivity contribution in [2.45, 2.75) is 18.9 Å². The number of hydrogen-bond donors (Lipinski definition) is 1. The summed E-state index contributed by atoms with van der Waals surface area (Å²) in [5, 5.41) is 7.23. The van der Waals surface area contributed by atoms with Crippen molar-refractivity contribution in [2.75, 3.05) is 33.3 Å². The van der Waals surface area contributed by atoms with Crippen molar-refractivity contribution in [3.63, 3.8) is 0 Å². The zero-order chi connectivity index (χ0) is 23.2. The molecular formula is C25H28N4O3S. The second kappa shape index (κ2) is 10.6. The molecule has 0 saturated carbocycles. The van der Waals surface area contributed by atoms with Crippen LogP contribution in [0.25, 0.3) is 22.0 Å². The smallest absolute Gasteiger partial charge is 0.270 e. The molecule has 1 fully saturated rings. The number of hydrogen-bond acceptors (Lipinski definition) is 6. The monoisotopic (exact) mass is 464 g/mol. The maximum absolute atomic E-state index is 12.5. The number of H-pyrrole nitrogens is 1. The summed E-state index contributed by atoms with van der Waals surface area (Å²) >= 11 is 1.53. The van der Waals surface area contributed by atoms with Crippen LogP contribution in [0.3, 0.4) is 0 Å². The van der Waals surface area contributed by atoms with Gasteiger partial charge in [-0.15, -0.1) is 0 Å². The highest BCUT2D eigenvalue weighted by molar-refractivity contribution is 7.96. The van der Waals surface area contributed by atoms with E-state index in [2.05, 4.69) is 32.6 Å². The predicted molar refractivity (Wildman–Crippen MR) is 131 cm³/mol. The third kappa shape index (κ3) is 5.07. The Morgan fingerprint density at radius 2 is 1.76 bits per heavy atom. The number of ether oxygens (including phenoxy) is 1. The van der Waals surface area contributed by atoms with Crippen molar-refractivity contribution in [2.24, 2.45) is 0 Å². The van der Waals surface area contributed by atoms with E-state index in [1.807, 2.05) is 49.1 Å². The summed E-state index contributed by atoms with van der Waals surface area (Å²) in [5.74, 6) is 0.806. The van der Waals surface area contributed by atoms with Crippen LogP contribution in [0.15, 0.2) is 70.4 Å². The molecule has 0 aliphatic carbocycles. The quantitative estimate of drug-likeness (QED) is 0.403. The van der Waals surface area contributed by atoms with E-state index >= 15 is 0 Å². The summed E-state index contributed by atoms with van der Waals surface area (Å²) in [6.07, 6.45) is 1.77.